The van der Waals surface area contributed by atoms with E-state index < -0.39 is 0 Å². The van der Waals surface area contributed by atoms with Gasteiger partial charge in [0, 0.05) is 28.4 Å². The number of anilines is 1. The molecular formula is C26H33ClN3O2S+. The fourth-order valence-corrected chi connectivity index (χ4v) is 4.98. The largest absolute Gasteiger partial charge is 0.352 e. The molecule has 2 amide bonds. The number of hydrogen-bond donors (Lipinski definition) is 3. The molecular weight excluding hydrogens is 454 g/mol. The Morgan fingerprint density at radius 3 is 2.67 bits per heavy atom. The average Bonchev–Trinajstić information content (AvgIpc) is 2.80. The Morgan fingerprint density at radius 1 is 1.09 bits per heavy atom. The number of benzene rings is 2. The number of thioether (sulfide) groups is 1. The van der Waals surface area contributed by atoms with Gasteiger partial charge >= 0.3 is 0 Å². The van der Waals surface area contributed by atoms with Crippen LogP contribution in [0.4, 0.5) is 5.69 Å². The van der Waals surface area contributed by atoms with Crippen LogP contribution in [0.15, 0.2) is 52.3 Å². The highest BCUT2D eigenvalue weighted by Crippen LogP contribution is 2.39. The van der Waals surface area contributed by atoms with Crippen molar-refractivity contribution in [1.82, 2.24) is 5.32 Å². The smallest absolute Gasteiger partial charge is 0.262 e. The Hall–Kier alpha value is -2.28. The molecule has 0 radical (unpaired) electrons. The van der Waals surface area contributed by atoms with E-state index in [1.165, 1.54) is 44.1 Å². The third-order valence-electron chi connectivity index (χ3n) is 5.56. The first-order valence-corrected chi connectivity index (χ1v) is 12.9. The van der Waals surface area contributed by atoms with Gasteiger partial charge in [-0.3, -0.25) is 9.59 Å². The van der Waals surface area contributed by atoms with Crippen LogP contribution in [0.1, 0.15) is 55.5 Å². The summed E-state index contributed by atoms with van der Waals surface area (Å²) in [6.07, 6.45) is 6.42. The van der Waals surface area contributed by atoms with Crippen molar-refractivity contribution in [2.24, 2.45) is 0 Å². The molecule has 7 heteroatoms. The molecule has 1 heterocycles. The molecule has 1 unspecified atom stereocenters. The van der Waals surface area contributed by atoms with E-state index in [9.17, 15) is 9.59 Å². The van der Waals surface area contributed by atoms with Crippen molar-refractivity contribution in [1.29, 1.82) is 0 Å². The number of carbonyl (C=O) groups is 2. The van der Waals surface area contributed by atoms with E-state index in [0.29, 0.717) is 27.7 Å². The first-order valence-electron chi connectivity index (χ1n) is 11.7. The van der Waals surface area contributed by atoms with E-state index in [4.69, 9.17) is 11.6 Å². The zero-order chi connectivity index (χ0) is 23.6. The minimum Gasteiger partial charge on any atom is -0.352 e. The fraction of sp³-hybridized carbons (Fsp3) is 0.385. The Morgan fingerprint density at radius 2 is 1.91 bits per heavy atom. The number of halogens is 1. The maximum Gasteiger partial charge on any atom is 0.262 e. The molecule has 2 aromatic carbocycles. The zero-order valence-corrected chi connectivity index (χ0v) is 21.0. The predicted octanol–water partition coefficient (Wildman–Crippen LogP) is 4.64. The zero-order valence-electron chi connectivity index (χ0n) is 19.4. The Balaban J connectivity index is 1.56. The highest BCUT2D eigenvalue weighted by atomic mass is 35.5. The number of hydrogen-bond acceptors (Lipinski definition) is 3. The minimum absolute atomic E-state index is 0.108. The quantitative estimate of drug-likeness (QED) is 0.320. The predicted molar refractivity (Wildman–Crippen MR) is 138 cm³/mol. The molecule has 1 atom stereocenters. The number of carbonyl (C=O) groups excluding carboxylic acids is 2. The van der Waals surface area contributed by atoms with Crippen molar-refractivity contribution in [2.75, 3.05) is 31.5 Å². The third-order valence-corrected chi connectivity index (χ3v) is 6.89. The second kappa shape index (κ2) is 12.8. The summed E-state index contributed by atoms with van der Waals surface area (Å²) in [5, 5.41) is 6.56. The molecule has 0 saturated carbocycles. The molecule has 176 valence electrons. The lowest BCUT2D eigenvalue weighted by Crippen LogP contribution is -3.12. The van der Waals surface area contributed by atoms with E-state index in [1.54, 1.807) is 17.0 Å². The van der Waals surface area contributed by atoms with Crippen LogP contribution in [0.5, 0.6) is 0 Å². The molecule has 3 N–H and O–H groups in total. The number of amides is 2. The van der Waals surface area contributed by atoms with Gasteiger partial charge in [0.25, 0.3) is 11.8 Å². The van der Waals surface area contributed by atoms with Crippen molar-refractivity contribution in [3.63, 3.8) is 0 Å². The van der Waals surface area contributed by atoms with E-state index in [2.05, 4.69) is 24.5 Å². The van der Waals surface area contributed by atoms with Crippen LogP contribution in [-0.4, -0.2) is 38.0 Å². The molecule has 5 nitrogen and oxygen atoms in total. The van der Waals surface area contributed by atoms with Gasteiger partial charge in [0.15, 0.2) is 0 Å². The van der Waals surface area contributed by atoms with Crippen LogP contribution in [0, 0.1) is 0 Å². The topological polar surface area (TPSA) is 62.6 Å². The van der Waals surface area contributed by atoms with Crippen LogP contribution in [0.2, 0.25) is 5.02 Å². The van der Waals surface area contributed by atoms with Gasteiger partial charge in [-0.25, -0.2) is 0 Å². The lowest BCUT2D eigenvalue weighted by Gasteiger charge is -2.20. The van der Waals surface area contributed by atoms with E-state index >= 15 is 0 Å². The maximum atomic E-state index is 12.6. The van der Waals surface area contributed by atoms with Crippen molar-refractivity contribution < 1.29 is 14.5 Å². The van der Waals surface area contributed by atoms with Crippen molar-refractivity contribution >= 4 is 46.9 Å². The minimum atomic E-state index is -0.184. The van der Waals surface area contributed by atoms with Gasteiger partial charge in [0.1, 0.15) is 0 Å². The molecule has 0 aliphatic carbocycles. The summed E-state index contributed by atoms with van der Waals surface area (Å²) in [6, 6.07) is 12.8. The number of nitrogens with one attached hydrogen (secondary N) is 3. The Bertz CT molecular complexity index is 1010. The van der Waals surface area contributed by atoms with Crippen molar-refractivity contribution in [3.8, 4) is 0 Å². The van der Waals surface area contributed by atoms with Gasteiger partial charge in [-0.1, -0.05) is 55.8 Å². The lowest BCUT2D eigenvalue weighted by atomic mass is 10.1. The van der Waals surface area contributed by atoms with Gasteiger partial charge in [0.05, 0.1) is 30.2 Å². The normalized spacial score (nSPS) is 15.1. The number of quaternary nitrogens is 1. The third kappa shape index (κ3) is 7.63. The summed E-state index contributed by atoms with van der Waals surface area (Å²) in [5.74, 6) is -0.293. The second-order valence-corrected chi connectivity index (χ2v) is 9.81. The van der Waals surface area contributed by atoms with E-state index in [-0.39, 0.29) is 11.8 Å². The van der Waals surface area contributed by atoms with Crippen LogP contribution in [0.3, 0.4) is 0 Å². The van der Waals surface area contributed by atoms with Crippen LogP contribution in [-0.2, 0) is 4.79 Å². The number of rotatable bonds is 11. The molecule has 3 rings (SSSR count). The molecule has 0 saturated heterocycles. The summed E-state index contributed by atoms with van der Waals surface area (Å²) in [4.78, 5) is 28.3. The van der Waals surface area contributed by atoms with Gasteiger partial charge in [-0.05, 0) is 54.8 Å². The van der Waals surface area contributed by atoms with Gasteiger partial charge in [-0.15, -0.1) is 0 Å². The van der Waals surface area contributed by atoms with Crippen LogP contribution in [0.25, 0.3) is 6.08 Å². The molecule has 1 aliphatic heterocycles. The summed E-state index contributed by atoms with van der Waals surface area (Å²) in [5.41, 5.74) is 2.09. The van der Waals surface area contributed by atoms with E-state index in [0.717, 1.165) is 23.4 Å². The Labute approximate surface area is 206 Å². The van der Waals surface area contributed by atoms with Gasteiger partial charge in [0.2, 0.25) is 0 Å². The molecule has 0 bridgehead atoms. The van der Waals surface area contributed by atoms with Gasteiger partial charge < -0.3 is 15.5 Å². The maximum absolute atomic E-state index is 12.6. The number of fused-ring (bicyclic) bond motifs is 1. The summed E-state index contributed by atoms with van der Waals surface area (Å²) >= 11 is 7.44. The van der Waals surface area contributed by atoms with Gasteiger partial charge in [-0.2, -0.15) is 0 Å². The van der Waals surface area contributed by atoms with Crippen LogP contribution < -0.4 is 15.5 Å². The van der Waals surface area contributed by atoms with Crippen molar-refractivity contribution in [2.45, 2.75) is 44.4 Å². The summed E-state index contributed by atoms with van der Waals surface area (Å²) < 4.78 is 0. The standard InChI is InChI=1S/C26H32ClN3O2S/c1-3-5-14-30(13-4-2)15-7-12-28-25(31)20-10-11-23-22(18-20)29-26(32)24(33-23)17-19-8-6-9-21(27)16-19/h6,8-11,16-18H,3-5,7,12-15H2,1-2H3,(H,28,31)(H,29,32)/p+1. The molecule has 0 fully saturated rings. The monoisotopic (exact) mass is 486 g/mol. The molecule has 33 heavy (non-hydrogen) atoms. The van der Waals surface area contributed by atoms with E-state index in [1.807, 2.05) is 36.4 Å². The molecule has 2 aromatic rings. The first-order chi connectivity index (χ1) is 16.0. The fourth-order valence-electron chi connectivity index (χ4n) is 3.85. The molecule has 0 spiro atoms. The first kappa shape index (κ1) is 25.3. The average molecular weight is 487 g/mol. The SMILES string of the molecule is CCCC[NH+](CCC)CCCNC(=O)c1ccc2c(c1)NC(=O)C(=Cc1cccc(Cl)c1)S2. The van der Waals surface area contributed by atoms with Crippen molar-refractivity contribution in [3.05, 3.63) is 63.5 Å². The lowest BCUT2D eigenvalue weighted by molar-refractivity contribution is -0.900. The molecule has 0 aromatic heterocycles. The summed E-state index contributed by atoms with van der Waals surface area (Å²) in [7, 11) is 0. The number of unbranched alkanes of at least 4 members (excludes halogenated alkanes) is 1. The highest BCUT2D eigenvalue weighted by molar-refractivity contribution is 8.04. The highest BCUT2D eigenvalue weighted by Gasteiger charge is 2.22. The summed E-state index contributed by atoms with van der Waals surface area (Å²) in [6.45, 7) is 8.56. The Kier molecular flexibility index (Phi) is 9.85. The molecule has 1 aliphatic rings. The second-order valence-electron chi connectivity index (χ2n) is 8.29. The van der Waals surface area contributed by atoms with Crippen LogP contribution >= 0.6 is 23.4 Å².